The molecule has 0 amide bonds. The van der Waals surface area contributed by atoms with Gasteiger partial charge in [0.1, 0.15) is 11.5 Å². The zero-order valence-electron chi connectivity index (χ0n) is 27.0. The second kappa shape index (κ2) is 9.39. The predicted molar refractivity (Wildman–Crippen MR) is 172 cm³/mol. The van der Waals surface area contributed by atoms with E-state index in [1.54, 1.807) is 0 Å². The van der Waals surface area contributed by atoms with Gasteiger partial charge in [0, 0.05) is 10.8 Å². The Labute approximate surface area is 238 Å². The first kappa shape index (κ1) is 29.2. The van der Waals surface area contributed by atoms with Crippen LogP contribution in [0.2, 0.25) is 0 Å². The van der Waals surface area contributed by atoms with Gasteiger partial charge in [-0.3, -0.25) is 0 Å². The van der Waals surface area contributed by atoms with Crippen molar-refractivity contribution < 1.29 is 4.74 Å². The number of hydrogen-bond acceptors (Lipinski definition) is 1. The maximum atomic E-state index is 7.19. The van der Waals surface area contributed by atoms with Crippen LogP contribution >= 0.6 is 0 Å². The summed E-state index contributed by atoms with van der Waals surface area (Å²) in [6.45, 7) is 31.9. The van der Waals surface area contributed by atoms with Crippen molar-refractivity contribution in [2.24, 2.45) is 0 Å². The van der Waals surface area contributed by atoms with Gasteiger partial charge in [-0.1, -0.05) is 132 Å². The molecule has 0 radical (unpaired) electrons. The highest BCUT2D eigenvalue weighted by atomic mass is 16.5. The number of benzene rings is 4. The summed E-state index contributed by atoms with van der Waals surface area (Å²) in [5.41, 5.74) is 7.96. The van der Waals surface area contributed by atoms with Gasteiger partial charge in [0.25, 0.3) is 0 Å². The van der Waals surface area contributed by atoms with Crippen LogP contribution in [-0.2, 0) is 21.7 Å². The van der Waals surface area contributed by atoms with Crippen molar-refractivity contribution in [1.82, 2.24) is 0 Å². The molecule has 0 saturated heterocycles. The van der Waals surface area contributed by atoms with E-state index in [1.165, 1.54) is 54.9 Å². The second-order valence-corrected chi connectivity index (χ2v) is 15.7. The van der Waals surface area contributed by atoms with Gasteiger partial charge in [0.05, 0.1) is 0 Å². The predicted octanol–water partition coefficient (Wildman–Crippen LogP) is 11.6. The highest BCUT2D eigenvalue weighted by Crippen LogP contribution is 2.45. The van der Waals surface area contributed by atoms with Crippen LogP contribution in [0.5, 0.6) is 11.5 Å². The Bertz CT molecular complexity index is 1440. The topological polar surface area (TPSA) is 9.23 Å². The van der Waals surface area contributed by atoms with Gasteiger partial charge < -0.3 is 4.74 Å². The number of hydrogen-bond donors (Lipinski definition) is 0. The van der Waals surface area contributed by atoms with Gasteiger partial charge in [-0.15, -0.1) is 0 Å². The van der Waals surface area contributed by atoms with E-state index in [2.05, 4.69) is 145 Å². The fourth-order valence-corrected chi connectivity index (χ4v) is 5.81. The summed E-state index contributed by atoms with van der Waals surface area (Å²) in [7, 11) is 0. The minimum absolute atomic E-state index is 0.000100. The van der Waals surface area contributed by atoms with Crippen molar-refractivity contribution in [2.75, 3.05) is 0 Å². The Kier molecular flexibility index (Phi) is 7.03. The first-order valence-electron chi connectivity index (χ1n) is 14.5. The molecular weight excluding hydrogens is 472 g/mol. The van der Waals surface area contributed by atoms with Crippen molar-refractivity contribution in [2.45, 2.75) is 119 Å². The van der Waals surface area contributed by atoms with Crippen LogP contribution in [0, 0.1) is 13.8 Å². The lowest BCUT2D eigenvalue weighted by atomic mass is 9.80. The third-order valence-electron chi connectivity index (χ3n) is 8.23. The van der Waals surface area contributed by atoms with Gasteiger partial charge >= 0.3 is 0 Å². The standard InChI is InChI=1S/C38H50O/c1-23-31(37(9,10)11)21-25-19-27(35(3,4)5)15-17-29(25)33(23)39-34-24(2)32(38(12,13)14)22-26-20-28(36(6,7)8)16-18-30(26)34/h15-22H,1-14H3. The Hall–Kier alpha value is -2.80. The summed E-state index contributed by atoms with van der Waals surface area (Å²) >= 11 is 0. The third-order valence-corrected chi connectivity index (χ3v) is 8.23. The first-order valence-corrected chi connectivity index (χ1v) is 14.5. The SMILES string of the molecule is Cc1c(C(C)(C)C)cc2cc(C(C)(C)C)ccc2c1Oc1c(C)c(C(C)(C)C)cc2cc(C(C)(C)C)ccc12. The fraction of sp³-hybridized carbons (Fsp3) is 0.474. The molecule has 0 aromatic heterocycles. The number of ether oxygens (including phenoxy) is 1. The maximum Gasteiger partial charge on any atom is 0.138 e. The number of fused-ring (bicyclic) bond motifs is 2. The van der Waals surface area contributed by atoms with Crippen LogP contribution in [0.4, 0.5) is 0 Å². The van der Waals surface area contributed by atoms with Gasteiger partial charge in [-0.25, -0.2) is 0 Å². The van der Waals surface area contributed by atoms with Crippen molar-refractivity contribution in [1.29, 1.82) is 0 Å². The van der Waals surface area contributed by atoms with Gasteiger partial charge in [0.15, 0.2) is 0 Å². The van der Waals surface area contributed by atoms with Crippen LogP contribution in [0.15, 0.2) is 48.5 Å². The molecule has 0 saturated carbocycles. The van der Waals surface area contributed by atoms with Gasteiger partial charge in [-0.05, 0) is 79.7 Å². The minimum atomic E-state index is 0.000100. The van der Waals surface area contributed by atoms with E-state index in [0.29, 0.717) is 0 Å². The third kappa shape index (κ3) is 5.60. The molecule has 1 heteroatoms. The summed E-state index contributed by atoms with van der Waals surface area (Å²) in [6.07, 6.45) is 0. The first-order chi connectivity index (χ1) is 17.7. The van der Waals surface area contributed by atoms with E-state index in [1.807, 2.05) is 0 Å². The van der Waals surface area contributed by atoms with Crippen molar-refractivity contribution >= 4 is 21.5 Å². The normalized spacial score (nSPS) is 13.4. The van der Waals surface area contributed by atoms with Crippen LogP contribution < -0.4 is 4.74 Å². The molecule has 0 fully saturated rings. The lowest BCUT2D eigenvalue weighted by Crippen LogP contribution is -2.16. The average Bonchev–Trinajstić information content (AvgIpc) is 2.78. The number of rotatable bonds is 2. The van der Waals surface area contributed by atoms with E-state index in [4.69, 9.17) is 4.74 Å². The smallest absolute Gasteiger partial charge is 0.138 e. The molecule has 0 N–H and O–H groups in total. The Balaban J connectivity index is 2.07. The summed E-state index contributed by atoms with van der Waals surface area (Å²) in [5, 5.41) is 4.84. The van der Waals surface area contributed by atoms with Crippen molar-refractivity contribution in [3.8, 4) is 11.5 Å². The molecule has 0 spiro atoms. The molecule has 0 aliphatic carbocycles. The zero-order valence-corrected chi connectivity index (χ0v) is 27.0. The van der Waals surface area contributed by atoms with Crippen LogP contribution in [0.3, 0.4) is 0 Å². The lowest BCUT2D eigenvalue weighted by molar-refractivity contribution is 0.477. The molecule has 0 aliphatic heterocycles. The van der Waals surface area contributed by atoms with E-state index < -0.39 is 0 Å². The molecule has 0 heterocycles. The summed E-state index contributed by atoms with van der Waals surface area (Å²) in [4.78, 5) is 0. The summed E-state index contributed by atoms with van der Waals surface area (Å²) in [5.74, 6) is 1.96. The van der Waals surface area contributed by atoms with E-state index >= 15 is 0 Å². The molecule has 208 valence electrons. The Morgan fingerprint density at radius 3 is 1.05 bits per heavy atom. The molecule has 0 aliphatic rings. The van der Waals surface area contributed by atoms with E-state index in [0.717, 1.165) is 11.5 Å². The zero-order chi connectivity index (χ0) is 29.3. The second-order valence-electron chi connectivity index (χ2n) is 15.7. The molecule has 0 bridgehead atoms. The molecular formula is C38H50O. The molecule has 4 rings (SSSR count). The highest BCUT2D eigenvalue weighted by molar-refractivity contribution is 5.95. The van der Waals surface area contributed by atoms with Gasteiger partial charge in [-0.2, -0.15) is 0 Å². The molecule has 0 atom stereocenters. The van der Waals surface area contributed by atoms with E-state index in [9.17, 15) is 0 Å². The summed E-state index contributed by atoms with van der Waals surface area (Å²) in [6, 6.07) is 18.6. The molecule has 39 heavy (non-hydrogen) atoms. The molecule has 4 aromatic rings. The van der Waals surface area contributed by atoms with Crippen molar-refractivity contribution in [3.63, 3.8) is 0 Å². The largest absolute Gasteiger partial charge is 0.455 e. The fourth-order valence-electron chi connectivity index (χ4n) is 5.81. The van der Waals surface area contributed by atoms with Gasteiger partial charge in [0.2, 0.25) is 0 Å². The van der Waals surface area contributed by atoms with Crippen LogP contribution in [0.25, 0.3) is 21.5 Å². The van der Waals surface area contributed by atoms with Crippen LogP contribution in [-0.4, -0.2) is 0 Å². The quantitative estimate of drug-likeness (QED) is 0.254. The highest BCUT2D eigenvalue weighted by Gasteiger charge is 2.26. The summed E-state index contributed by atoms with van der Waals surface area (Å²) < 4.78 is 7.19. The maximum absolute atomic E-state index is 7.19. The molecule has 1 nitrogen and oxygen atoms in total. The minimum Gasteiger partial charge on any atom is -0.455 e. The monoisotopic (exact) mass is 522 g/mol. The lowest BCUT2D eigenvalue weighted by Gasteiger charge is -2.28. The average molecular weight is 523 g/mol. The molecule has 4 aromatic carbocycles. The Morgan fingerprint density at radius 2 is 0.769 bits per heavy atom. The van der Waals surface area contributed by atoms with E-state index in [-0.39, 0.29) is 21.7 Å². The van der Waals surface area contributed by atoms with Crippen LogP contribution in [0.1, 0.15) is 116 Å². The Morgan fingerprint density at radius 1 is 0.436 bits per heavy atom. The van der Waals surface area contributed by atoms with Crippen molar-refractivity contribution in [3.05, 3.63) is 81.9 Å². The molecule has 0 unspecified atom stereocenters.